The van der Waals surface area contributed by atoms with Crippen LogP contribution in [0.3, 0.4) is 0 Å². The van der Waals surface area contributed by atoms with E-state index in [1.165, 1.54) is 5.06 Å². The third-order valence-electron chi connectivity index (χ3n) is 3.21. The van der Waals surface area contributed by atoms with Crippen LogP contribution < -0.4 is 5.32 Å². The van der Waals surface area contributed by atoms with Crippen LogP contribution in [0.1, 0.15) is 48.0 Å². The molecule has 0 aliphatic carbocycles. The van der Waals surface area contributed by atoms with E-state index in [0.717, 1.165) is 6.42 Å². The minimum Gasteiger partial charge on any atom is -0.313 e. The van der Waals surface area contributed by atoms with Gasteiger partial charge >= 0.3 is 0 Å². The van der Waals surface area contributed by atoms with Crippen molar-refractivity contribution in [2.75, 3.05) is 0 Å². The number of nitrogens with zero attached hydrogens (tertiary/aromatic N) is 1. The standard InChI is InChI=1S/C11H24N2O/c1-8(2)12-9-7-10(3,4)13(14)11(9,5)6/h8-9,12,14H,7H2,1-6H3. The summed E-state index contributed by atoms with van der Waals surface area (Å²) in [6, 6.07) is 0.809. The number of hydroxylamine groups is 2. The quantitative estimate of drug-likeness (QED) is 0.715. The first kappa shape index (κ1) is 12.0. The van der Waals surface area contributed by atoms with Gasteiger partial charge in [0.1, 0.15) is 0 Å². The van der Waals surface area contributed by atoms with E-state index in [1.807, 2.05) is 0 Å². The van der Waals surface area contributed by atoms with Crippen LogP contribution in [0.2, 0.25) is 0 Å². The van der Waals surface area contributed by atoms with Crippen molar-refractivity contribution in [3.8, 4) is 0 Å². The fourth-order valence-electron chi connectivity index (χ4n) is 2.43. The molecule has 0 aromatic rings. The molecular formula is C11H24N2O. The van der Waals surface area contributed by atoms with Crippen molar-refractivity contribution >= 4 is 0 Å². The molecular weight excluding hydrogens is 176 g/mol. The molecule has 0 radical (unpaired) electrons. The average molecular weight is 200 g/mol. The van der Waals surface area contributed by atoms with Gasteiger partial charge in [-0.2, -0.15) is 5.06 Å². The molecule has 1 aliphatic heterocycles. The Labute approximate surface area is 87.4 Å². The zero-order chi connectivity index (χ0) is 11.1. The molecule has 0 spiro atoms. The summed E-state index contributed by atoms with van der Waals surface area (Å²) < 4.78 is 0. The Morgan fingerprint density at radius 2 is 1.79 bits per heavy atom. The second-order valence-corrected chi connectivity index (χ2v) is 5.86. The molecule has 3 nitrogen and oxygen atoms in total. The molecule has 1 fully saturated rings. The Morgan fingerprint density at radius 3 is 2.07 bits per heavy atom. The van der Waals surface area contributed by atoms with Crippen LogP contribution >= 0.6 is 0 Å². The van der Waals surface area contributed by atoms with E-state index in [1.54, 1.807) is 0 Å². The maximum atomic E-state index is 10.1. The lowest BCUT2D eigenvalue weighted by Crippen LogP contribution is -2.53. The Balaban J connectivity index is 2.80. The highest BCUT2D eigenvalue weighted by Crippen LogP contribution is 2.39. The first-order valence-electron chi connectivity index (χ1n) is 5.43. The van der Waals surface area contributed by atoms with Crippen molar-refractivity contribution in [1.29, 1.82) is 0 Å². The summed E-state index contributed by atoms with van der Waals surface area (Å²) >= 11 is 0. The molecule has 0 bridgehead atoms. The third kappa shape index (κ3) is 1.95. The summed E-state index contributed by atoms with van der Waals surface area (Å²) in [5, 5.41) is 15.1. The lowest BCUT2D eigenvalue weighted by Gasteiger charge is -2.36. The van der Waals surface area contributed by atoms with Gasteiger partial charge in [0.25, 0.3) is 0 Å². The third-order valence-corrected chi connectivity index (χ3v) is 3.21. The van der Waals surface area contributed by atoms with Crippen LogP contribution in [0.15, 0.2) is 0 Å². The van der Waals surface area contributed by atoms with Gasteiger partial charge in [-0.05, 0) is 34.1 Å². The van der Waals surface area contributed by atoms with Gasteiger partial charge in [-0.3, -0.25) is 0 Å². The van der Waals surface area contributed by atoms with Gasteiger partial charge < -0.3 is 10.5 Å². The summed E-state index contributed by atoms with van der Waals surface area (Å²) in [6.45, 7) is 12.6. The number of rotatable bonds is 2. The molecule has 1 atom stereocenters. The molecule has 0 amide bonds. The van der Waals surface area contributed by atoms with E-state index in [4.69, 9.17) is 0 Å². The number of hydrogen-bond donors (Lipinski definition) is 2. The van der Waals surface area contributed by atoms with E-state index < -0.39 is 0 Å². The molecule has 3 heteroatoms. The molecule has 14 heavy (non-hydrogen) atoms. The summed E-state index contributed by atoms with van der Waals surface area (Å²) in [5.74, 6) is 0. The Bertz CT molecular complexity index is 211. The molecule has 0 saturated carbocycles. The summed E-state index contributed by atoms with van der Waals surface area (Å²) in [4.78, 5) is 0. The molecule has 1 unspecified atom stereocenters. The Kier molecular flexibility index (Phi) is 2.96. The minimum atomic E-state index is -0.187. The van der Waals surface area contributed by atoms with E-state index in [2.05, 4.69) is 46.9 Å². The molecule has 2 N–H and O–H groups in total. The minimum absolute atomic E-state index is 0.129. The topological polar surface area (TPSA) is 35.5 Å². The first-order valence-corrected chi connectivity index (χ1v) is 5.43. The Morgan fingerprint density at radius 1 is 1.29 bits per heavy atom. The first-order chi connectivity index (χ1) is 6.18. The molecule has 1 heterocycles. The van der Waals surface area contributed by atoms with Crippen LogP contribution in [0, 0.1) is 0 Å². The van der Waals surface area contributed by atoms with Crippen molar-refractivity contribution in [2.45, 2.75) is 71.1 Å². The zero-order valence-electron chi connectivity index (χ0n) is 10.3. The van der Waals surface area contributed by atoms with Crippen molar-refractivity contribution in [1.82, 2.24) is 10.4 Å². The maximum absolute atomic E-state index is 10.1. The van der Waals surface area contributed by atoms with Crippen molar-refractivity contribution < 1.29 is 5.21 Å². The second-order valence-electron chi connectivity index (χ2n) is 5.86. The van der Waals surface area contributed by atoms with Gasteiger partial charge in [-0.25, -0.2) is 0 Å². The molecule has 0 aromatic heterocycles. The monoisotopic (exact) mass is 200 g/mol. The summed E-state index contributed by atoms with van der Waals surface area (Å²) in [6.07, 6.45) is 0.981. The predicted octanol–water partition coefficient (Wildman–Crippen LogP) is 2.01. The summed E-state index contributed by atoms with van der Waals surface area (Å²) in [5.41, 5.74) is -0.316. The molecule has 0 aromatic carbocycles. The Hall–Kier alpha value is -0.120. The van der Waals surface area contributed by atoms with Gasteiger partial charge in [0, 0.05) is 17.6 Å². The summed E-state index contributed by atoms with van der Waals surface area (Å²) in [7, 11) is 0. The van der Waals surface area contributed by atoms with Crippen molar-refractivity contribution in [3.63, 3.8) is 0 Å². The highest BCUT2D eigenvalue weighted by atomic mass is 16.5. The fourth-order valence-corrected chi connectivity index (χ4v) is 2.43. The van der Waals surface area contributed by atoms with Crippen molar-refractivity contribution in [3.05, 3.63) is 0 Å². The van der Waals surface area contributed by atoms with Gasteiger partial charge in [0.05, 0.1) is 5.54 Å². The van der Waals surface area contributed by atoms with Crippen LogP contribution in [0.4, 0.5) is 0 Å². The van der Waals surface area contributed by atoms with Gasteiger partial charge in [-0.15, -0.1) is 0 Å². The van der Waals surface area contributed by atoms with Gasteiger partial charge in [-0.1, -0.05) is 13.8 Å². The molecule has 1 rings (SSSR count). The van der Waals surface area contributed by atoms with Crippen molar-refractivity contribution in [2.24, 2.45) is 0 Å². The molecule has 1 aliphatic rings. The second kappa shape index (κ2) is 3.47. The van der Waals surface area contributed by atoms with Gasteiger partial charge in [0.2, 0.25) is 0 Å². The average Bonchev–Trinajstić information content (AvgIpc) is 2.12. The lowest BCUT2D eigenvalue weighted by molar-refractivity contribution is -0.194. The van der Waals surface area contributed by atoms with E-state index in [0.29, 0.717) is 12.1 Å². The van der Waals surface area contributed by atoms with Gasteiger partial charge in [0.15, 0.2) is 0 Å². The normalized spacial score (nSPS) is 31.3. The van der Waals surface area contributed by atoms with Crippen LogP contribution in [-0.2, 0) is 0 Å². The SMILES string of the molecule is CC(C)NC1CC(C)(C)N(O)C1(C)C. The largest absolute Gasteiger partial charge is 0.313 e. The smallest absolute Gasteiger partial charge is 0.0563 e. The molecule has 1 saturated heterocycles. The highest BCUT2D eigenvalue weighted by Gasteiger charge is 2.51. The van der Waals surface area contributed by atoms with Crippen LogP contribution in [0.25, 0.3) is 0 Å². The highest BCUT2D eigenvalue weighted by molar-refractivity contribution is 5.06. The number of hydrogen-bond acceptors (Lipinski definition) is 3. The lowest BCUT2D eigenvalue weighted by atomic mass is 9.94. The van der Waals surface area contributed by atoms with E-state index in [9.17, 15) is 5.21 Å². The zero-order valence-corrected chi connectivity index (χ0v) is 10.3. The molecule has 84 valence electrons. The van der Waals surface area contributed by atoms with Crippen LogP contribution in [0.5, 0.6) is 0 Å². The number of nitrogens with one attached hydrogen (secondary N) is 1. The van der Waals surface area contributed by atoms with E-state index >= 15 is 0 Å². The van der Waals surface area contributed by atoms with Crippen LogP contribution in [-0.4, -0.2) is 33.4 Å². The van der Waals surface area contributed by atoms with E-state index in [-0.39, 0.29) is 11.1 Å². The fraction of sp³-hybridized carbons (Fsp3) is 1.00. The predicted molar refractivity (Wildman–Crippen MR) is 58.5 cm³/mol. The maximum Gasteiger partial charge on any atom is 0.0563 e.